The Labute approximate surface area is 119 Å². The summed E-state index contributed by atoms with van der Waals surface area (Å²) in [4.78, 5) is 0. The summed E-state index contributed by atoms with van der Waals surface area (Å²) in [6.07, 6.45) is 2.15. The number of fused-ring (bicyclic) bond motifs is 1. The minimum absolute atomic E-state index is 0.139. The summed E-state index contributed by atoms with van der Waals surface area (Å²) < 4.78 is 11.4. The summed E-state index contributed by atoms with van der Waals surface area (Å²) in [5.41, 5.74) is 11.1. The number of aryl methyl sites for hydroxylation is 3. The Morgan fingerprint density at radius 1 is 1.15 bits per heavy atom. The van der Waals surface area contributed by atoms with Gasteiger partial charge in [0.1, 0.15) is 17.3 Å². The lowest BCUT2D eigenvalue weighted by Crippen LogP contribution is -2.15. The highest BCUT2D eigenvalue weighted by Crippen LogP contribution is 2.33. The van der Waals surface area contributed by atoms with Gasteiger partial charge in [0.15, 0.2) is 0 Å². The fraction of sp³-hybridized carbons (Fsp3) is 0.412. The van der Waals surface area contributed by atoms with E-state index >= 15 is 0 Å². The van der Waals surface area contributed by atoms with Crippen LogP contribution in [0.25, 0.3) is 0 Å². The second kappa shape index (κ2) is 4.98. The first-order valence-corrected chi connectivity index (χ1v) is 7.15. The van der Waals surface area contributed by atoms with E-state index in [0.29, 0.717) is 0 Å². The van der Waals surface area contributed by atoms with Crippen molar-refractivity contribution in [2.24, 2.45) is 5.73 Å². The van der Waals surface area contributed by atoms with E-state index in [9.17, 15) is 0 Å². The SMILES string of the molecule is Cc1oc(C)c(C(N)c2ccc3c(c2)CCCO3)c1C. The molecule has 1 aromatic carbocycles. The Bertz CT molecular complexity index is 643. The summed E-state index contributed by atoms with van der Waals surface area (Å²) in [7, 11) is 0. The van der Waals surface area contributed by atoms with Gasteiger partial charge in [-0.2, -0.15) is 0 Å². The summed E-state index contributed by atoms with van der Waals surface area (Å²) in [6, 6.07) is 6.15. The predicted molar refractivity (Wildman–Crippen MR) is 79.2 cm³/mol. The van der Waals surface area contributed by atoms with Crippen LogP contribution in [0, 0.1) is 20.8 Å². The highest BCUT2D eigenvalue weighted by atomic mass is 16.5. The van der Waals surface area contributed by atoms with Crippen molar-refractivity contribution in [1.82, 2.24) is 0 Å². The van der Waals surface area contributed by atoms with Crippen LogP contribution in [0.4, 0.5) is 0 Å². The number of hydrogen-bond donors (Lipinski definition) is 1. The molecule has 2 aromatic rings. The molecule has 106 valence electrons. The molecule has 3 nitrogen and oxygen atoms in total. The van der Waals surface area contributed by atoms with Crippen LogP contribution in [0.15, 0.2) is 22.6 Å². The molecule has 0 bridgehead atoms. The largest absolute Gasteiger partial charge is 0.493 e. The van der Waals surface area contributed by atoms with Gasteiger partial charge in [-0.25, -0.2) is 0 Å². The van der Waals surface area contributed by atoms with Crippen LogP contribution in [-0.2, 0) is 6.42 Å². The zero-order valence-electron chi connectivity index (χ0n) is 12.3. The molecule has 3 heteroatoms. The molecule has 1 aromatic heterocycles. The van der Waals surface area contributed by atoms with Gasteiger partial charge >= 0.3 is 0 Å². The minimum atomic E-state index is -0.139. The summed E-state index contributed by atoms with van der Waals surface area (Å²) in [6.45, 7) is 6.86. The van der Waals surface area contributed by atoms with Gasteiger partial charge in [0.2, 0.25) is 0 Å². The van der Waals surface area contributed by atoms with Gasteiger partial charge in [0, 0.05) is 5.56 Å². The predicted octanol–water partition coefficient (Wildman–Crippen LogP) is 3.58. The van der Waals surface area contributed by atoms with Crippen molar-refractivity contribution in [1.29, 1.82) is 0 Å². The van der Waals surface area contributed by atoms with Crippen molar-refractivity contribution in [2.75, 3.05) is 6.61 Å². The van der Waals surface area contributed by atoms with Gasteiger partial charge in [0.25, 0.3) is 0 Å². The normalized spacial score (nSPS) is 15.6. The van der Waals surface area contributed by atoms with Crippen LogP contribution in [-0.4, -0.2) is 6.61 Å². The van der Waals surface area contributed by atoms with Gasteiger partial charge in [-0.15, -0.1) is 0 Å². The van der Waals surface area contributed by atoms with Crippen LogP contribution in [0.5, 0.6) is 5.75 Å². The van der Waals surface area contributed by atoms with Gasteiger partial charge < -0.3 is 14.9 Å². The van der Waals surface area contributed by atoms with Crippen LogP contribution < -0.4 is 10.5 Å². The first-order valence-electron chi connectivity index (χ1n) is 7.15. The molecule has 2 heterocycles. The van der Waals surface area contributed by atoms with E-state index in [4.69, 9.17) is 14.9 Å². The maximum Gasteiger partial charge on any atom is 0.122 e. The van der Waals surface area contributed by atoms with Crippen molar-refractivity contribution in [2.45, 2.75) is 39.7 Å². The maximum absolute atomic E-state index is 6.46. The van der Waals surface area contributed by atoms with E-state index in [0.717, 1.165) is 53.4 Å². The van der Waals surface area contributed by atoms with E-state index in [1.807, 2.05) is 19.9 Å². The highest BCUT2D eigenvalue weighted by molar-refractivity contribution is 5.45. The Kier molecular flexibility index (Phi) is 3.30. The molecule has 20 heavy (non-hydrogen) atoms. The van der Waals surface area contributed by atoms with E-state index < -0.39 is 0 Å². The zero-order valence-corrected chi connectivity index (χ0v) is 12.3. The number of benzene rings is 1. The molecule has 0 radical (unpaired) electrons. The second-order valence-corrected chi connectivity index (χ2v) is 5.55. The van der Waals surface area contributed by atoms with Gasteiger partial charge in [-0.05, 0) is 56.4 Å². The lowest BCUT2D eigenvalue weighted by atomic mass is 9.93. The van der Waals surface area contributed by atoms with Crippen molar-refractivity contribution in [3.63, 3.8) is 0 Å². The van der Waals surface area contributed by atoms with E-state index in [2.05, 4.69) is 19.1 Å². The zero-order chi connectivity index (χ0) is 14.3. The molecule has 3 rings (SSSR count). The molecule has 1 atom stereocenters. The fourth-order valence-electron chi connectivity index (χ4n) is 3.01. The third-order valence-corrected chi connectivity index (χ3v) is 4.22. The standard InChI is InChI=1S/C17H21NO2/c1-10-11(2)20-12(3)16(10)17(18)14-6-7-15-13(9-14)5-4-8-19-15/h6-7,9,17H,4-5,8,18H2,1-3H3. The van der Waals surface area contributed by atoms with Crippen LogP contribution >= 0.6 is 0 Å². The molecular formula is C17H21NO2. The third-order valence-electron chi connectivity index (χ3n) is 4.22. The van der Waals surface area contributed by atoms with Gasteiger partial charge in [0.05, 0.1) is 12.6 Å². The Balaban J connectivity index is 2.00. The summed E-state index contributed by atoms with van der Waals surface area (Å²) in [5, 5.41) is 0. The van der Waals surface area contributed by atoms with Gasteiger partial charge in [-0.3, -0.25) is 0 Å². The molecule has 0 amide bonds. The average Bonchev–Trinajstić information content (AvgIpc) is 2.71. The fourth-order valence-corrected chi connectivity index (χ4v) is 3.01. The quantitative estimate of drug-likeness (QED) is 0.908. The topological polar surface area (TPSA) is 48.4 Å². The highest BCUT2D eigenvalue weighted by Gasteiger charge is 2.21. The lowest BCUT2D eigenvalue weighted by Gasteiger charge is -2.20. The minimum Gasteiger partial charge on any atom is -0.493 e. The first-order chi connectivity index (χ1) is 9.58. The van der Waals surface area contributed by atoms with Crippen LogP contribution in [0.2, 0.25) is 0 Å². The molecule has 2 N–H and O–H groups in total. The number of nitrogens with two attached hydrogens (primary N) is 1. The molecular weight excluding hydrogens is 250 g/mol. The Morgan fingerprint density at radius 2 is 1.95 bits per heavy atom. The molecule has 1 aliphatic heterocycles. The Morgan fingerprint density at radius 3 is 2.65 bits per heavy atom. The summed E-state index contributed by atoms with van der Waals surface area (Å²) >= 11 is 0. The van der Waals surface area contributed by atoms with Crippen LogP contribution in [0.3, 0.4) is 0 Å². The smallest absolute Gasteiger partial charge is 0.122 e. The summed E-state index contributed by atoms with van der Waals surface area (Å²) in [5.74, 6) is 2.87. The van der Waals surface area contributed by atoms with Crippen LogP contribution in [0.1, 0.15) is 46.2 Å². The molecule has 0 saturated carbocycles. The molecule has 0 aliphatic carbocycles. The third kappa shape index (κ3) is 2.12. The van der Waals surface area contributed by atoms with Crippen molar-refractivity contribution < 1.29 is 9.15 Å². The van der Waals surface area contributed by atoms with E-state index in [1.165, 1.54) is 5.56 Å². The van der Waals surface area contributed by atoms with Crippen molar-refractivity contribution in [3.8, 4) is 5.75 Å². The number of rotatable bonds is 2. The average molecular weight is 271 g/mol. The monoisotopic (exact) mass is 271 g/mol. The van der Waals surface area contributed by atoms with Crippen molar-refractivity contribution >= 4 is 0 Å². The second-order valence-electron chi connectivity index (χ2n) is 5.55. The van der Waals surface area contributed by atoms with Crippen molar-refractivity contribution in [3.05, 3.63) is 52.0 Å². The number of ether oxygens (including phenoxy) is 1. The molecule has 1 unspecified atom stereocenters. The maximum atomic E-state index is 6.46. The molecule has 0 saturated heterocycles. The Hall–Kier alpha value is -1.74. The van der Waals surface area contributed by atoms with E-state index in [1.54, 1.807) is 0 Å². The molecule has 1 aliphatic rings. The number of furan rings is 1. The lowest BCUT2D eigenvalue weighted by molar-refractivity contribution is 0.288. The molecule has 0 spiro atoms. The number of hydrogen-bond acceptors (Lipinski definition) is 3. The first kappa shape index (κ1) is 13.3. The molecule has 0 fully saturated rings. The van der Waals surface area contributed by atoms with E-state index in [-0.39, 0.29) is 6.04 Å². The van der Waals surface area contributed by atoms with Gasteiger partial charge in [-0.1, -0.05) is 12.1 Å².